The predicted molar refractivity (Wildman–Crippen MR) is 406 cm³/mol. The van der Waals surface area contributed by atoms with Gasteiger partial charge in [0.1, 0.15) is 0 Å². The summed E-state index contributed by atoms with van der Waals surface area (Å²) in [4.78, 5) is 73.3. The van der Waals surface area contributed by atoms with E-state index in [1.54, 1.807) is 0 Å². The standard InChI is InChI=1S/C81H162N8O5/c1-6-11-16-21-26-31-36-41-48-55-63-82-77(90)72-87(70-62-71-89(75-80(93)85-66-58-51-44-39-34-29-24-19-14-9-4)76-81(94)86-67-59-52-45-40-35-30-25-20-15-10-5)68-60-53-46-47-54-61-69-88(73-78(91)83-64-56-49-42-37-32-27-22-17-12-7-2)74-79(92)84-65-57-50-43-38-33-28-23-18-13-8-3/h6-76H2,1-5H3,(H,82,90)(H,83,91)(H,84,92)(H,85,93)(H,86,94). The Morgan fingerprint density at radius 3 is 0.511 bits per heavy atom. The van der Waals surface area contributed by atoms with E-state index in [1.807, 2.05) is 4.90 Å². The van der Waals surface area contributed by atoms with Crippen molar-refractivity contribution in [2.75, 3.05) is 91.6 Å². The monoisotopic (exact) mass is 1330 g/mol. The molecule has 0 aromatic heterocycles. The van der Waals surface area contributed by atoms with Crippen molar-refractivity contribution in [2.24, 2.45) is 0 Å². The minimum Gasteiger partial charge on any atom is -0.355 e. The van der Waals surface area contributed by atoms with Gasteiger partial charge < -0.3 is 26.6 Å². The highest BCUT2D eigenvalue weighted by Gasteiger charge is 2.18. The van der Waals surface area contributed by atoms with E-state index < -0.39 is 0 Å². The van der Waals surface area contributed by atoms with E-state index in [2.05, 4.69) is 71.0 Å². The fourth-order valence-electron chi connectivity index (χ4n) is 13.1. The molecule has 0 bridgehead atoms. The van der Waals surface area contributed by atoms with Crippen LogP contribution in [0.4, 0.5) is 0 Å². The van der Waals surface area contributed by atoms with E-state index >= 15 is 0 Å². The lowest BCUT2D eigenvalue weighted by atomic mass is 10.1. The summed E-state index contributed by atoms with van der Waals surface area (Å²) in [7, 11) is 0. The van der Waals surface area contributed by atoms with E-state index in [1.165, 1.54) is 257 Å². The number of rotatable bonds is 78. The normalized spacial score (nSPS) is 11.6. The first-order valence-electron chi connectivity index (χ1n) is 41.7. The Balaban J connectivity index is 5.57. The summed E-state index contributed by atoms with van der Waals surface area (Å²) >= 11 is 0. The molecule has 0 aliphatic rings. The molecule has 13 heteroatoms. The molecular weight excluding hydrogens is 1160 g/mol. The van der Waals surface area contributed by atoms with Gasteiger partial charge in [0.2, 0.25) is 29.5 Å². The van der Waals surface area contributed by atoms with E-state index in [-0.39, 0.29) is 55.7 Å². The second kappa shape index (κ2) is 76.0. The summed E-state index contributed by atoms with van der Waals surface area (Å²) in [5.41, 5.74) is 0. The highest BCUT2D eigenvalue weighted by atomic mass is 16.2. The number of hydrogen-bond acceptors (Lipinski definition) is 8. The summed E-state index contributed by atoms with van der Waals surface area (Å²) in [5.74, 6) is 0.0764. The Morgan fingerprint density at radius 1 is 0.170 bits per heavy atom. The molecule has 0 radical (unpaired) electrons. The maximum atomic E-state index is 13.6. The van der Waals surface area contributed by atoms with Gasteiger partial charge in [-0.3, -0.25) is 38.7 Å². The zero-order valence-electron chi connectivity index (χ0n) is 63.6. The number of amides is 5. The average Bonchev–Trinajstić information content (AvgIpc) is 2.99. The summed E-state index contributed by atoms with van der Waals surface area (Å²) in [6.07, 6.45) is 70.1. The van der Waals surface area contributed by atoms with Crippen LogP contribution in [0.3, 0.4) is 0 Å². The second-order valence-corrected chi connectivity index (χ2v) is 28.8. The summed E-state index contributed by atoms with van der Waals surface area (Å²) in [6, 6.07) is 0. The Bertz CT molecular complexity index is 1540. The molecule has 0 saturated carbocycles. The van der Waals surface area contributed by atoms with Crippen LogP contribution in [0, 0.1) is 0 Å². The molecule has 0 aliphatic heterocycles. The molecule has 0 spiro atoms. The van der Waals surface area contributed by atoms with Crippen LogP contribution in [0.2, 0.25) is 0 Å². The molecule has 5 N–H and O–H groups in total. The Morgan fingerprint density at radius 2 is 0.309 bits per heavy atom. The first-order valence-corrected chi connectivity index (χ1v) is 41.7. The van der Waals surface area contributed by atoms with Gasteiger partial charge in [-0.05, 0) is 71.0 Å². The van der Waals surface area contributed by atoms with Gasteiger partial charge in [-0.25, -0.2) is 0 Å². The highest BCUT2D eigenvalue weighted by Crippen LogP contribution is 2.16. The molecule has 13 nitrogen and oxygen atoms in total. The van der Waals surface area contributed by atoms with Crippen molar-refractivity contribution in [3.63, 3.8) is 0 Å². The van der Waals surface area contributed by atoms with Crippen LogP contribution in [-0.2, 0) is 24.0 Å². The van der Waals surface area contributed by atoms with Crippen LogP contribution in [-0.4, -0.2) is 136 Å². The van der Waals surface area contributed by atoms with Crippen molar-refractivity contribution in [3.8, 4) is 0 Å². The van der Waals surface area contributed by atoms with Crippen molar-refractivity contribution >= 4 is 29.5 Å². The number of nitrogens with one attached hydrogen (secondary N) is 5. The quantitative estimate of drug-likeness (QED) is 0.0377. The summed E-state index contributed by atoms with van der Waals surface area (Å²) in [6.45, 7) is 18.9. The molecule has 0 fully saturated rings. The Kier molecular flexibility index (Phi) is 73.8. The van der Waals surface area contributed by atoms with Crippen LogP contribution in [0.15, 0.2) is 0 Å². The zero-order valence-corrected chi connectivity index (χ0v) is 63.6. The fraction of sp³-hybridized carbons (Fsp3) is 0.938. The van der Waals surface area contributed by atoms with E-state index in [9.17, 15) is 24.0 Å². The molecule has 5 amide bonds. The van der Waals surface area contributed by atoms with Gasteiger partial charge in [0.25, 0.3) is 0 Å². The maximum Gasteiger partial charge on any atom is 0.234 e. The minimum atomic E-state index is -0.0186. The van der Waals surface area contributed by atoms with Crippen molar-refractivity contribution in [1.82, 2.24) is 41.3 Å². The molecule has 0 atom stereocenters. The first kappa shape index (κ1) is 91.2. The third kappa shape index (κ3) is 70.5. The van der Waals surface area contributed by atoms with Gasteiger partial charge in [-0.1, -0.05) is 349 Å². The van der Waals surface area contributed by atoms with E-state index in [4.69, 9.17) is 0 Å². The second-order valence-electron chi connectivity index (χ2n) is 28.8. The Labute approximate surface area is 584 Å². The zero-order chi connectivity index (χ0) is 68.4. The van der Waals surface area contributed by atoms with Crippen molar-refractivity contribution in [3.05, 3.63) is 0 Å². The molecule has 0 rings (SSSR count). The van der Waals surface area contributed by atoms with Crippen molar-refractivity contribution in [2.45, 2.75) is 401 Å². The average molecular weight is 1330 g/mol. The molecule has 556 valence electrons. The van der Waals surface area contributed by atoms with Crippen LogP contribution >= 0.6 is 0 Å². The Hall–Kier alpha value is -2.77. The SMILES string of the molecule is CCCCCCCCCCCCNC(=O)CN(CCCCCCCCN(CC(=O)NCCCCCCCCCCCC)CC(=O)NCCCCCCCCCCCC)CCCN(CC(=O)NCCCCCCCCCCCC)CC(=O)NCCCCCCCCCCCC. The smallest absolute Gasteiger partial charge is 0.234 e. The summed E-state index contributed by atoms with van der Waals surface area (Å²) < 4.78 is 0. The van der Waals surface area contributed by atoms with E-state index in [0.717, 1.165) is 129 Å². The lowest BCUT2D eigenvalue weighted by Crippen LogP contribution is -2.44. The summed E-state index contributed by atoms with van der Waals surface area (Å²) in [5, 5.41) is 15.9. The molecule has 0 aromatic rings. The predicted octanol–water partition coefficient (Wildman–Crippen LogP) is 19.8. The van der Waals surface area contributed by atoms with Crippen molar-refractivity contribution in [1.29, 1.82) is 0 Å². The molecule has 0 saturated heterocycles. The number of carbonyl (C=O) groups excluding carboxylic acids is 5. The third-order valence-electron chi connectivity index (χ3n) is 19.2. The molecule has 0 aromatic carbocycles. The highest BCUT2D eigenvalue weighted by molar-refractivity contribution is 5.82. The minimum absolute atomic E-state index is 0.0174. The van der Waals surface area contributed by atoms with Crippen LogP contribution < -0.4 is 26.6 Å². The van der Waals surface area contributed by atoms with Crippen LogP contribution in [0.5, 0.6) is 0 Å². The molecular formula is C81H162N8O5. The number of unbranched alkanes of at least 4 members (excludes halogenated alkanes) is 50. The number of hydrogen-bond donors (Lipinski definition) is 5. The van der Waals surface area contributed by atoms with Gasteiger partial charge in [0.05, 0.1) is 32.7 Å². The molecule has 94 heavy (non-hydrogen) atoms. The van der Waals surface area contributed by atoms with Gasteiger partial charge in [-0.2, -0.15) is 0 Å². The first-order chi connectivity index (χ1) is 46.2. The van der Waals surface area contributed by atoms with Gasteiger partial charge in [-0.15, -0.1) is 0 Å². The largest absolute Gasteiger partial charge is 0.355 e. The maximum absolute atomic E-state index is 13.6. The number of nitrogens with zero attached hydrogens (tertiary/aromatic N) is 3. The van der Waals surface area contributed by atoms with Gasteiger partial charge in [0, 0.05) is 39.3 Å². The lowest BCUT2D eigenvalue weighted by Gasteiger charge is -2.25. The molecule has 0 heterocycles. The number of carbonyl (C=O) groups is 5. The van der Waals surface area contributed by atoms with Gasteiger partial charge >= 0.3 is 0 Å². The van der Waals surface area contributed by atoms with E-state index in [0.29, 0.717) is 45.8 Å². The molecule has 0 unspecified atom stereocenters. The topological polar surface area (TPSA) is 155 Å². The van der Waals surface area contributed by atoms with Crippen molar-refractivity contribution < 1.29 is 24.0 Å². The van der Waals surface area contributed by atoms with Crippen LogP contribution in [0.1, 0.15) is 401 Å². The fourth-order valence-corrected chi connectivity index (χ4v) is 13.1. The lowest BCUT2D eigenvalue weighted by molar-refractivity contribution is -0.126. The van der Waals surface area contributed by atoms with Gasteiger partial charge in [0.15, 0.2) is 0 Å². The third-order valence-corrected chi connectivity index (χ3v) is 19.2. The molecule has 0 aliphatic carbocycles. The van der Waals surface area contributed by atoms with Crippen LogP contribution in [0.25, 0.3) is 0 Å².